The lowest BCUT2D eigenvalue weighted by atomic mass is 10.0. The van der Waals surface area contributed by atoms with E-state index in [1.807, 2.05) is 45.9 Å². The molecule has 0 unspecified atom stereocenters. The second-order valence-corrected chi connectivity index (χ2v) is 7.32. The average Bonchev–Trinajstić information content (AvgIpc) is 2.65. The van der Waals surface area contributed by atoms with Crippen molar-refractivity contribution >= 4 is 23.6 Å². The third-order valence-corrected chi connectivity index (χ3v) is 5.12. The van der Waals surface area contributed by atoms with Gasteiger partial charge in [0, 0.05) is 28.6 Å². The van der Waals surface area contributed by atoms with Crippen LogP contribution < -0.4 is 10.9 Å². The zero-order chi connectivity index (χ0) is 19.8. The van der Waals surface area contributed by atoms with Gasteiger partial charge in [-0.1, -0.05) is 37.7 Å². The van der Waals surface area contributed by atoms with E-state index in [2.05, 4.69) is 20.8 Å². The van der Waals surface area contributed by atoms with Gasteiger partial charge in [0.05, 0.1) is 0 Å². The maximum absolute atomic E-state index is 12.2. The van der Waals surface area contributed by atoms with Crippen LogP contribution in [0.3, 0.4) is 0 Å². The molecule has 7 heteroatoms. The van der Waals surface area contributed by atoms with Gasteiger partial charge in [-0.3, -0.25) is 20.4 Å². The molecule has 2 amide bonds. The first kappa shape index (κ1) is 20.9. The number of amides is 2. The van der Waals surface area contributed by atoms with Crippen molar-refractivity contribution in [2.45, 2.75) is 51.4 Å². The van der Waals surface area contributed by atoms with Crippen molar-refractivity contribution in [3.05, 3.63) is 52.8 Å². The second kappa shape index (κ2) is 10.1. The molecular weight excluding hydrogens is 360 g/mol. The van der Waals surface area contributed by atoms with Crippen LogP contribution in [0.1, 0.15) is 54.0 Å². The Balaban J connectivity index is 1.88. The summed E-state index contributed by atoms with van der Waals surface area (Å²) >= 11 is 1.56. The summed E-state index contributed by atoms with van der Waals surface area (Å²) in [6.07, 6.45) is 1.49. The van der Waals surface area contributed by atoms with Crippen LogP contribution in [-0.4, -0.2) is 21.8 Å². The molecule has 6 nitrogen and oxygen atoms in total. The van der Waals surface area contributed by atoms with Crippen LogP contribution in [0.15, 0.2) is 35.5 Å². The maximum atomic E-state index is 12.2. The summed E-state index contributed by atoms with van der Waals surface area (Å²) in [5.41, 5.74) is 8.44. The number of benzene rings is 1. The first-order valence-corrected chi connectivity index (χ1v) is 10.1. The Hall–Kier alpha value is -2.41. The van der Waals surface area contributed by atoms with E-state index in [0.29, 0.717) is 5.56 Å². The molecule has 0 fully saturated rings. The molecule has 1 aromatic carbocycles. The van der Waals surface area contributed by atoms with Crippen LogP contribution in [0.2, 0.25) is 0 Å². The first-order chi connectivity index (χ1) is 12.9. The molecule has 1 aromatic heterocycles. The van der Waals surface area contributed by atoms with Gasteiger partial charge in [-0.2, -0.15) is 0 Å². The molecular formula is C20H26N4O2S. The van der Waals surface area contributed by atoms with Gasteiger partial charge in [0.15, 0.2) is 5.16 Å². The minimum atomic E-state index is -0.328. The number of carbonyl (C=O) groups excluding carboxylic acids is 2. The molecule has 0 radical (unpaired) electrons. The van der Waals surface area contributed by atoms with Crippen molar-refractivity contribution in [3.63, 3.8) is 0 Å². The van der Waals surface area contributed by atoms with E-state index in [4.69, 9.17) is 0 Å². The zero-order valence-corrected chi connectivity index (χ0v) is 17.0. The highest BCUT2D eigenvalue weighted by molar-refractivity contribution is 7.98. The van der Waals surface area contributed by atoms with Gasteiger partial charge >= 0.3 is 0 Å². The van der Waals surface area contributed by atoms with Crippen LogP contribution in [-0.2, 0) is 10.5 Å². The van der Waals surface area contributed by atoms with Crippen molar-refractivity contribution in [2.24, 2.45) is 5.92 Å². The number of aryl methyl sites for hydroxylation is 2. The molecule has 0 aliphatic carbocycles. The van der Waals surface area contributed by atoms with Crippen LogP contribution >= 0.6 is 11.8 Å². The molecule has 2 N–H and O–H groups in total. The highest BCUT2D eigenvalue weighted by atomic mass is 32.2. The molecule has 0 aliphatic rings. The fraction of sp³-hybridized carbons (Fsp3) is 0.400. The van der Waals surface area contributed by atoms with Crippen molar-refractivity contribution in [1.82, 2.24) is 20.8 Å². The molecule has 0 saturated carbocycles. The Morgan fingerprint density at radius 1 is 1.00 bits per heavy atom. The molecule has 1 heterocycles. The predicted octanol–water partition coefficient (Wildman–Crippen LogP) is 3.58. The molecule has 27 heavy (non-hydrogen) atoms. The van der Waals surface area contributed by atoms with E-state index >= 15 is 0 Å². The van der Waals surface area contributed by atoms with Crippen LogP contribution in [0.25, 0.3) is 0 Å². The van der Waals surface area contributed by atoms with E-state index in [-0.39, 0.29) is 17.7 Å². The van der Waals surface area contributed by atoms with Crippen molar-refractivity contribution in [1.29, 1.82) is 0 Å². The van der Waals surface area contributed by atoms with E-state index in [1.165, 1.54) is 0 Å². The standard InChI is InChI=1S/C20H26N4O2S/c1-5-16(6-2)18(25)23-24-19(26)17-9-7-15(8-10-17)12-27-20-21-13(3)11-14(4)22-20/h7-11,16H,5-6,12H2,1-4H3,(H,23,25)(H,24,26). The molecule has 2 rings (SSSR count). The van der Waals surface area contributed by atoms with Crippen molar-refractivity contribution < 1.29 is 9.59 Å². The largest absolute Gasteiger partial charge is 0.273 e. The van der Waals surface area contributed by atoms with Gasteiger partial charge in [-0.25, -0.2) is 9.97 Å². The Morgan fingerprint density at radius 3 is 2.15 bits per heavy atom. The quantitative estimate of drug-likeness (QED) is 0.432. The van der Waals surface area contributed by atoms with Gasteiger partial charge in [0.25, 0.3) is 5.91 Å². The molecule has 0 spiro atoms. The van der Waals surface area contributed by atoms with E-state index in [9.17, 15) is 9.59 Å². The summed E-state index contributed by atoms with van der Waals surface area (Å²) in [4.78, 5) is 32.9. The Morgan fingerprint density at radius 2 is 1.59 bits per heavy atom. The fourth-order valence-corrected chi connectivity index (χ4v) is 3.52. The molecule has 0 atom stereocenters. The third-order valence-electron chi connectivity index (χ3n) is 4.20. The van der Waals surface area contributed by atoms with Crippen LogP contribution in [0.5, 0.6) is 0 Å². The lowest BCUT2D eigenvalue weighted by molar-refractivity contribution is -0.125. The molecule has 0 aliphatic heterocycles. The molecule has 144 valence electrons. The van der Waals surface area contributed by atoms with E-state index in [1.54, 1.807) is 23.9 Å². The van der Waals surface area contributed by atoms with Gasteiger partial charge < -0.3 is 0 Å². The number of thioether (sulfide) groups is 1. The number of hydrogen-bond donors (Lipinski definition) is 2. The van der Waals surface area contributed by atoms with Gasteiger partial charge in [-0.05, 0) is 50.5 Å². The lowest BCUT2D eigenvalue weighted by Crippen LogP contribution is -2.44. The summed E-state index contributed by atoms with van der Waals surface area (Å²) < 4.78 is 0. The summed E-state index contributed by atoms with van der Waals surface area (Å²) in [6, 6.07) is 9.23. The number of carbonyl (C=O) groups is 2. The van der Waals surface area contributed by atoms with Gasteiger partial charge in [0.1, 0.15) is 0 Å². The minimum absolute atomic E-state index is 0.0859. The normalized spacial score (nSPS) is 10.7. The van der Waals surface area contributed by atoms with Crippen molar-refractivity contribution in [2.75, 3.05) is 0 Å². The molecule has 2 aromatic rings. The van der Waals surface area contributed by atoms with E-state index < -0.39 is 0 Å². The topological polar surface area (TPSA) is 84.0 Å². The fourth-order valence-electron chi connectivity index (χ4n) is 2.61. The second-order valence-electron chi connectivity index (χ2n) is 6.38. The zero-order valence-electron chi connectivity index (χ0n) is 16.2. The Bertz CT molecular complexity index is 769. The Labute approximate surface area is 164 Å². The van der Waals surface area contributed by atoms with Crippen LogP contribution in [0, 0.1) is 19.8 Å². The monoisotopic (exact) mass is 386 g/mol. The molecule has 0 bridgehead atoms. The average molecular weight is 387 g/mol. The minimum Gasteiger partial charge on any atom is -0.273 e. The van der Waals surface area contributed by atoms with Gasteiger partial charge in [-0.15, -0.1) is 0 Å². The van der Waals surface area contributed by atoms with Gasteiger partial charge in [0.2, 0.25) is 5.91 Å². The predicted molar refractivity (Wildman–Crippen MR) is 107 cm³/mol. The number of hydrogen-bond acceptors (Lipinski definition) is 5. The SMILES string of the molecule is CCC(CC)C(=O)NNC(=O)c1ccc(CSc2nc(C)cc(C)n2)cc1. The number of nitrogens with zero attached hydrogens (tertiary/aromatic N) is 2. The summed E-state index contributed by atoms with van der Waals surface area (Å²) in [5, 5.41) is 0.749. The van der Waals surface area contributed by atoms with Crippen LogP contribution in [0.4, 0.5) is 0 Å². The number of rotatable bonds is 7. The smallest absolute Gasteiger partial charge is 0.269 e. The maximum Gasteiger partial charge on any atom is 0.269 e. The van der Waals surface area contributed by atoms with Crippen molar-refractivity contribution in [3.8, 4) is 0 Å². The number of nitrogens with one attached hydrogen (secondary N) is 2. The summed E-state index contributed by atoms with van der Waals surface area (Å²) in [5.74, 6) is 0.147. The third kappa shape index (κ3) is 6.36. The molecule has 0 saturated heterocycles. The summed E-state index contributed by atoms with van der Waals surface area (Å²) in [6.45, 7) is 7.81. The summed E-state index contributed by atoms with van der Waals surface area (Å²) in [7, 11) is 0. The number of hydrazine groups is 1. The highest BCUT2D eigenvalue weighted by Crippen LogP contribution is 2.20. The highest BCUT2D eigenvalue weighted by Gasteiger charge is 2.15. The lowest BCUT2D eigenvalue weighted by Gasteiger charge is -2.13. The Kier molecular flexibility index (Phi) is 7.79. The van der Waals surface area contributed by atoms with E-state index in [0.717, 1.165) is 40.7 Å². The first-order valence-electron chi connectivity index (χ1n) is 9.07. The number of aromatic nitrogens is 2.